The van der Waals surface area contributed by atoms with Crippen molar-refractivity contribution in [2.75, 3.05) is 13.1 Å². The van der Waals surface area contributed by atoms with Crippen LogP contribution in [0.5, 0.6) is 0 Å². The number of nitrogens with zero attached hydrogens (tertiary/aromatic N) is 2. The van der Waals surface area contributed by atoms with Crippen molar-refractivity contribution in [3.8, 4) is 11.6 Å². The standard InChI is InChI=1S/C11H14N4O/c1-2-9(16-7-1)11-13-10(14-15-11)8-3-5-12-6-4-8/h1-2,7-8,12H,3-6H2,(H,13,14,15). The molecule has 84 valence electrons. The molecule has 5 heteroatoms. The normalized spacial score (nSPS) is 17.8. The van der Waals surface area contributed by atoms with E-state index in [1.165, 1.54) is 0 Å². The first-order valence-electron chi connectivity index (χ1n) is 5.60. The van der Waals surface area contributed by atoms with Gasteiger partial charge in [-0.1, -0.05) is 0 Å². The quantitative estimate of drug-likeness (QED) is 0.802. The van der Waals surface area contributed by atoms with E-state index in [4.69, 9.17) is 4.42 Å². The maximum atomic E-state index is 5.26. The third-order valence-electron chi connectivity index (χ3n) is 2.97. The summed E-state index contributed by atoms with van der Waals surface area (Å²) in [5, 5.41) is 10.5. The Morgan fingerprint density at radius 2 is 2.19 bits per heavy atom. The molecule has 2 N–H and O–H groups in total. The second-order valence-electron chi connectivity index (χ2n) is 4.05. The van der Waals surface area contributed by atoms with Crippen molar-refractivity contribution in [3.63, 3.8) is 0 Å². The van der Waals surface area contributed by atoms with Crippen LogP contribution in [0.25, 0.3) is 11.6 Å². The molecule has 16 heavy (non-hydrogen) atoms. The SMILES string of the molecule is c1coc(-c2n[nH]c(C3CCNCC3)n2)c1. The molecule has 0 spiro atoms. The number of piperidine rings is 1. The average Bonchev–Trinajstić information content (AvgIpc) is 3.01. The number of aromatic nitrogens is 3. The Balaban J connectivity index is 1.82. The molecule has 2 aromatic rings. The summed E-state index contributed by atoms with van der Waals surface area (Å²) in [6.45, 7) is 2.11. The van der Waals surface area contributed by atoms with Crippen molar-refractivity contribution in [2.45, 2.75) is 18.8 Å². The van der Waals surface area contributed by atoms with Gasteiger partial charge in [-0.15, -0.1) is 0 Å². The van der Waals surface area contributed by atoms with E-state index >= 15 is 0 Å². The van der Waals surface area contributed by atoms with E-state index in [0.717, 1.165) is 37.5 Å². The topological polar surface area (TPSA) is 66.7 Å². The fourth-order valence-corrected chi connectivity index (χ4v) is 2.07. The van der Waals surface area contributed by atoms with Crippen LogP contribution in [0.4, 0.5) is 0 Å². The Labute approximate surface area is 93.3 Å². The molecule has 0 unspecified atom stereocenters. The van der Waals surface area contributed by atoms with Gasteiger partial charge in [-0.05, 0) is 38.1 Å². The monoisotopic (exact) mass is 218 g/mol. The third kappa shape index (κ3) is 1.74. The van der Waals surface area contributed by atoms with Gasteiger partial charge in [0.25, 0.3) is 0 Å². The van der Waals surface area contributed by atoms with Gasteiger partial charge in [0.2, 0.25) is 5.82 Å². The fourth-order valence-electron chi connectivity index (χ4n) is 2.07. The number of aromatic amines is 1. The highest BCUT2D eigenvalue weighted by atomic mass is 16.3. The Morgan fingerprint density at radius 3 is 2.94 bits per heavy atom. The van der Waals surface area contributed by atoms with Crippen LogP contribution in [0.3, 0.4) is 0 Å². The molecule has 2 aromatic heterocycles. The maximum Gasteiger partial charge on any atom is 0.216 e. The number of H-pyrrole nitrogens is 1. The van der Waals surface area contributed by atoms with Gasteiger partial charge in [-0.2, -0.15) is 5.10 Å². The third-order valence-corrected chi connectivity index (χ3v) is 2.97. The van der Waals surface area contributed by atoms with Crippen molar-refractivity contribution in [1.82, 2.24) is 20.5 Å². The zero-order valence-electron chi connectivity index (χ0n) is 8.94. The average molecular weight is 218 g/mol. The molecule has 0 amide bonds. The van der Waals surface area contributed by atoms with E-state index in [9.17, 15) is 0 Å². The molecule has 5 nitrogen and oxygen atoms in total. The van der Waals surface area contributed by atoms with Crippen molar-refractivity contribution < 1.29 is 4.42 Å². The number of furan rings is 1. The van der Waals surface area contributed by atoms with Crippen LogP contribution in [0, 0.1) is 0 Å². The molecular weight excluding hydrogens is 204 g/mol. The summed E-state index contributed by atoms with van der Waals surface area (Å²) >= 11 is 0. The largest absolute Gasteiger partial charge is 0.461 e. The van der Waals surface area contributed by atoms with Gasteiger partial charge in [0, 0.05) is 5.92 Å². The van der Waals surface area contributed by atoms with E-state index in [2.05, 4.69) is 20.5 Å². The molecule has 1 aliphatic heterocycles. The van der Waals surface area contributed by atoms with Crippen LogP contribution in [0.2, 0.25) is 0 Å². The lowest BCUT2D eigenvalue weighted by atomic mass is 9.98. The summed E-state index contributed by atoms with van der Waals surface area (Å²) < 4.78 is 5.26. The molecule has 0 aromatic carbocycles. The molecule has 1 fully saturated rings. The summed E-state index contributed by atoms with van der Waals surface area (Å²) in [5.74, 6) is 2.85. The first-order chi connectivity index (χ1) is 7.93. The second-order valence-corrected chi connectivity index (χ2v) is 4.05. The lowest BCUT2D eigenvalue weighted by Crippen LogP contribution is -2.27. The Hall–Kier alpha value is -1.62. The van der Waals surface area contributed by atoms with Gasteiger partial charge < -0.3 is 9.73 Å². The van der Waals surface area contributed by atoms with E-state index in [0.29, 0.717) is 11.7 Å². The minimum atomic E-state index is 0.498. The molecule has 3 rings (SSSR count). The lowest BCUT2D eigenvalue weighted by molar-refractivity contribution is 0.446. The number of hydrogen-bond acceptors (Lipinski definition) is 4. The van der Waals surface area contributed by atoms with Crippen molar-refractivity contribution in [3.05, 3.63) is 24.2 Å². The van der Waals surface area contributed by atoms with Crippen LogP contribution >= 0.6 is 0 Å². The minimum Gasteiger partial charge on any atom is -0.461 e. The van der Waals surface area contributed by atoms with Crippen LogP contribution in [0.1, 0.15) is 24.6 Å². The molecular formula is C11H14N4O. The summed E-state index contributed by atoms with van der Waals surface area (Å²) in [7, 11) is 0. The fraction of sp³-hybridized carbons (Fsp3) is 0.455. The number of nitrogens with one attached hydrogen (secondary N) is 2. The van der Waals surface area contributed by atoms with Gasteiger partial charge >= 0.3 is 0 Å². The van der Waals surface area contributed by atoms with E-state index in [-0.39, 0.29) is 0 Å². The van der Waals surface area contributed by atoms with E-state index < -0.39 is 0 Å². The van der Waals surface area contributed by atoms with Gasteiger partial charge in [-0.3, -0.25) is 5.10 Å². The van der Waals surface area contributed by atoms with Crippen LogP contribution in [0.15, 0.2) is 22.8 Å². The number of rotatable bonds is 2. The van der Waals surface area contributed by atoms with Crippen molar-refractivity contribution in [1.29, 1.82) is 0 Å². The summed E-state index contributed by atoms with van der Waals surface area (Å²) in [4.78, 5) is 4.49. The summed E-state index contributed by atoms with van der Waals surface area (Å²) in [6, 6.07) is 3.71. The zero-order valence-corrected chi connectivity index (χ0v) is 8.94. The Bertz CT molecular complexity index is 442. The smallest absolute Gasteiger partial charge is 0.216 e. The van der Waals surface area contributed by atoms with Gasteiger partial charge in [0.1, 0.15) is 5.82 Å². The molecule has 0 saturated carbocycles. The molecule has 0 radical (unpaired) electrons. The van der Waals surface area contributed by atoms with Crippen molar-refractivity contribution >= 4 is 0 Å². The Morgan fingerprint density at radius 1 is 1.31 bits per heavy atom. The molecule has 0 aliphatic carbocycles. The first-order valence-corrected chi connectivity index (χ1v) is 5.60. The highest BCUT2D eigenvalue weighted by Gasteiger charge is 2.19. The van der Waals surface area contributed by atoms with Crippen LogP contribution in [-0.2, 0) is 0 Å². The van der Waals surface area contributed by atoms with E-state index in [1.807, 2.05) is 12.1 Å². The Kier molecular flexibility index (Phi) is 2.46. The lowest BCUT2D eigenvalue weighted by Gasteiger charge is -2.19. The van der Waals surface area contributed by atoms with E-state index in [1.54, 1.807) is 6.26 Å². The van der Waals surface area contributed by atoms with Crippen LogP contribution in [-0.4, -0.2) is 28.3 Å². The summed E-state index contributed by atoms with van der Waals surface area (Å²) in [5.41, 5.74) is 0. The molecule has 0 bridgehead atoms. The molecule has 1 aliphatic rings. The van der Waals surface area contributed by atoms with Gasteiger partial charge in [-0.25, -0.2) is 4.98 Å². The minimum absolute atomic E-state index is 0.498. The predicted molar refractivity (Wildman–Crippen MR) is 58.9 cm³/mol. The highest BCUT2D eigenvalue weighted by molar-refractivity contribution is 5.45. The highest BCUT2D eigenvalue weighted by Crippen LogP contribution is 2.24. The summed E-state index contributed by atoms with van der Waals surface area (Å²) in [6.07, 6.45) is 3.87. The second kappa shape index (κ2) is 4.09. The maximum absolute atomic E-state index is 5.26. The van der Waals surface area contributed by atoms with Gasteiger partial charge in [0.05, 0.1) is 6.26 Å². The first kappa shape index (κ1) is 9.59. The molecule has 3 heterocycles. The molecule has 1 saturated heterocycles. The predicted octanol–water partition coefficient (Wildman–Crippen LogP) is 1.53. The van der Waals surface area contributed by atoms with Crippen LogP contribution < -0.4 is 5.32 Å². The zero-order chi connectivity index (χ0) is 10.8. The van der Waals surface area contributed by atoms with Gasteiger partial charge in [0.15, 0.2) is 5.76 Å². The van der Waals surface area contributed by atoms with Crippen molar-refractivity contribution in [2.24, 2.45) is 0 Å². The number of hydrogen-bond donors (Lipinski definition) is 2. The molecule has 0 atom stereocenters.